The molecule has 0 saturated carbocycles. The molecular formula is C8H15NO2. The fourth-order valence-corrected chi connectivity index (χ4v) is 0.582. The van der Waals surface area contributed by atoms with E-state index >= 15 is 0 Å². The van der Waals surface area contributed by atoms with Crippen molar-refractivity contribution in [2.45, 2.75) is 26.3 Å². The normalized spacial score (nSPS) is 13.6. The van der Waals surface area contributed by atoms with Gasteiger partial charge in [-0.3, -0.25) is 4.79 Å². The van der Waals surface area contributed by atoms with Gasteiger partial charge < -0.3 is 10.4 Å². The van der Waals surface area contributed by atoms with Crippen molar-refractivity contribution in [3.8, 4) is 0 Å². The van der Waals surface area contributed by atoms with E-state index in [1.165, 1.54) is 0 Å². The average Bonchev–Trinajstić information content (AvgIpc) is 1.97. The van der Waals surface area contributed by atoms with E-state index in [4.69, 9.17) is 5.11 Å². The molecule has 0 saturated heterocycles. The molecular weight excluding hydrogens is 142 g/mol. The van der Waals surface area contributed by atoms with Gasteiger partial charge in [0.15, 0.2) is 0 Å². The highest BCUT2D eigenvalue weighted by Gasteiger charge is 2.06. The Labute approximate surface area is 67.1 Å². The molecule has 0 aromatic heterocycles. The van der Waals surface area contributed by atoms with E-state index in [0.717, 1.165) is 6.42 Å². The monoisotopic (exact) mass is 157 g/mol. The molecule has 11 heavy (non-hydrogen) atoms. The predicted molar refractivity (Wildman–Crippen MR) is 44.5 cm³/mol. The highest BCUT2D eigenvalue weighted by atomic mass is 16.4. The number of hydrogen-bond donors (Lipinski definition) is 2. The number of rotatable bonds is 5. The van der Waals surface area contributed by atoms with E-state index in [1.54, 1.807) is 6.92 Å². The Morgan fingerprint density at radius 3 is 2.73 bits per heavy atom. The summed E-state index contributed by atoms with van der Waals surface area (Å²) in [4.78, 5) is 10.3. The van der Waals surface area contributed by atoms with E-state index in [2.05, 4.69) is 5.32 Å². The maximum atomic E-state index is 10.3. The summed E-state index contributed by atoms with van der Waals surface area (Å²) in [6.07, 6.45) is 4.92. The minimum Gasteiger partial charge on any atom is -0.480 e. The number of aliphatic carboxylic acids is 1. The van der Waals surface area contributed by atoms with Gasteiger partial charge in [0.25, 0.3) is 0 Å². The molecule has 3 nitrogen and oxygen atoms in total. The summed E-state index contributed by atoms with van der Waals surface area (Å²) in [5.41, 5.74) is 0. The zero-order valence-corrected chi connectivity index (χ0v) is 7.00. The number of carbonyl (C=O) groups is 1. The average molecular weight is 157 g/mol. The molecule has 0 fully saturated rings. The second-order valence-corrected chi connectivity index (χ2v) is 2.35. The Balaban J connectivity index is 3.38. The third-order valence-electron chi connectivity index (χ3n) is 1.31. The molecule has 64 valence electrons. The first kappa shape index (κ1) is 10.2. The Kier molecular flexibility index (Phi) is 5.47. The van der Waals surface area contributed by atoms with Crippen molar-refractivity contribution < 1.29 is 9.90 Å². The zero-order valence-electron chi connectivity index (χ0n) is 7.00. The fraction of sp³-hybridized carbons (Fsp3) is 0.625. The molecule has 0 heterocycles. The quantitative estimate of drug-likeness (QED) is 0.586. The zero-order chi connectivity index (χ0) is 8.69. The fourth-order valence-electron chi connectivity index (χ4n) is 0.582. The number of hydrogen-bond acceptors (Lipinski definition) is 2. The van der Waals surface area contributed by atoms with E-state index in [1.807, 2.05) is 19.1 Å². The topological polar surface area (TPSA) is 49.3 Å². The molecule has 0 bridgehead atoms. The van der Waals surface area contributed by atoms with E-state index < -0.39 is 12.0 Å². The molecule has 0 aromatic carbocycles. The molecule has 1 unspecified atom stereocenters. The van der Waals surface area contributed by atoms with Gasteiger partial charge in [0, 0.05) is 6.54 Å². The molecule has 0 aliphatic rings. The molecule has 0 aromatic rings. The first-order valence-corrected chi connectivity index (χ1v) is 3.79. The lowest BCUT2D eigenvalue weighted by molar-refractivity contribution is -0.138. The summed E-state index contributed by atoms with van der Waals surface area (Å²) in [5, 5.41) is 11.3. The van der Waals surface area contributed by atoms with Crippen molar-refractivity contribution in [1.29, 1.82) is 0 Å². The minimum atomic E-state index is -0.810. The van der Waals surface area contributed by atoms with Crippen LogP contribution in [0.4, 0.5) is 0 Å². The number of allylic oxidation sites excluding steroid dienone is 1. The van der Waals surface area contributed by atoms with Crippen molar-refractivity contribution >= 4 is 5.97 Å². The summed E-state index contributed by atoms with van der Waals surface area (Å²) in [7, 11) is 0. The van der Waals surface area contributed by atoms with Gasteiger partial charge in [-0.25, -0.2) is 0 Å². The summed E-state index contributed by atoms with van der Waals surface area (Å²) < 4.78 is 0. The van der Waals surface area contributed by atoms with Gasteiger partial charge in [-0.2, -0.15) is 0 Å². The number of nitrogens with one attached hydrogen (secondary N) is 1. The van der Waals surface area contributed by atoms with Crippen LogP contribution in [0.5, 0.6) is 0 Å². The van der Waals surface area contributed by atoms with Gasteiger partial charge in [-0.05, 0) is 13.3 Å². The van der Waals surface area contributed by atoms with E-state index in [0.29, 0.717) is 6.54 Å². The van der Waals surface area contributed by atoms with Crippen molar-refractivity contribution in [2.24, 2.45) is 0 Å². The Morgan fingerprint density at radius 2 is 2.27 bits per heavy atom. The standard InChI is InChI=1S/C8H15NO2/c1-3-4-5-6-9-7(2)8(10)11/h4-5,7,9H,3,6H2,1-2H3,(H,10,11). The maximum absolute atomic E-state index is 10.3. The van der Waals surface area contributed by atoms with Crippen LogP contribution in [0, 0.1) is 0 Å². The van der Waals surface area contributed by atoms with Crippen LogP contribution in [0.25, 0.3) is 0 Å². The van der Waals surface area contributed by atoms with Gasteiger partial charge in [0.1, 0.15) is 6.04 Å². The van der Waals surface area contributed by atoms with Gasteiger partial charge >= 0.3 is 5.97 Å². The Hall–Kier alpha value is -0.830. The van der Waals surface area contributed by atoms with Crippen molar-refractivity contribution in [2.75, 3.05) is 6.54 Å². The van der Waals surface area contributed by atoms with Crippen LogP contribution in [0.1, 0.15) is 20.3 Å². The summed E-state index contributed by atoms with van der Waals surface area (Å²) in [5.74, 6) is -0.810. The summed E-state index contributed by atoms with van der Waals surface area (Å²) in [6, 6.07) is -0.462. The predicted octanol–water partition coefficient (Wildman–Crippen LogP) is 1.02. The van der Waals surface area contributed by atoms with Crippen LogP contribution in [0.2, 0.25) is 0 Å². The lowest BCUT2D eigenvalue weighted by Gasteiger charge is -2.04. The smallest absolute Gasteiger partial charge is 0.320 e. The molecule has 0 aliphatic heterocycles. The molecule has 2 N–H and O–H groups in total. The van der Waals surface area contributed by atoms with Gasteiger partial charge in [-0.15, -0.1) is 0 Å². The lowest BCUT2D eigenvalue weighted by Crippen LogP contribution is -2.33. The first-order chi connectivity index (χ1) is 5.18. The van der Waals surface area contributed by atoms with Crippen LogP contribution in [0.15, 0.2) is 12.2 Å². The number of carboxylic acids is 1. The minimum absolute atomic E-state index is 0.462. The van der Waals surface area contributed by atoms with Crippen LogP contribution in [-0.2, 0) is 4.79 Å². The summed E-state index contributed by atoms with van der Waals surface area (Å²) in [6.45, 7) is 4.29. The molecule has 0 spiro atoms. The largest absolute Gasteiger partial charge is 0.480 e. The van der Waals surface area contributed by atoms with Crippen LogP contribution < -0.4 is 5.32 Å². The lowest BCUT2D eigenvalue weighted by atomic mass is 10.3. The van der Waals surface area contributed by atoms with Crippen molar-refractivity contribution in [1.82, 2.24) is 5.32 Å². The van der Waals surface area contributed by atoms with E-state index in [9.17, 15) is 4.79 Å². The summed E-state index contributed by atoms with van der Waals surface area (Å²) >= 11 is 0. The highest BCUT2D eigenvalue weighted by Crippen LogP contribution is 1.82. The molecule has 1 atom stereocenters. The molecule has 0 aliphatic carbocycles. The highest BCUT2D eigenvalue weighted by molar-refractivity contribution is 5.72. The maximum Gasteiger partial charge on any atom is 0.320 e. The van der Waals surface area contributed by atoms with E-state index in [-0.39, 0.29) is 0 Å². The molecule has 0 radical (unpaired) electrons. The molecule has 0 rings (SSSR count). The SMILES string of the molecule is CCC=CCNC(C)C(=O)O. The van der Waals surface area contributed by atoms with Crippen LogP contribution in [-0.4, -0.2) is 23.7 Å². The van der Waals surface area contributed by atoms with Gasteiger partial charge in [-0.1, -0.05) is 19.1 Å². The number of carboxylic acid groups (broad SMARTS) is 1. The Morgan fingerprint density at radius 1 is 1.64 bits per heavy atom. The van der Waals surface area contributed by atoms with Crippen molar-refractivity contribution in [3.05, 3.63) is 12.2 Å². The second kappa shape index (κ2) is 5.92. The van der Waals surface area contributed by atoms with Gasteiger partial charge in [0.2, 0.25) is 0 Å². The Bertz CT molecular complexity index is 143. The molecule has 3 heteroatoms. The van der Waals surface area contributed by atoms with Crippen LogP contribution in [0.3, 0.4) is 0 Å². The van der Waals surface area contributed by atoms with Crippen LogP contribution >= 0.6 is 0 Å². The van der Waals surface area contributed by atoms with Gasteiger partial charge in [0.05, 0.1) is 0 Å². The van der Waals surface area contributed by atoms with Crippen molar-refractivity contribution in [3.63, 3.8) is 0 Å². The third kappa shape index (κ3) is 5.61. The first-order valence-electron chi connectivity index (χ1n) is 3.79. The molecule has 0 amide bonds. The third-order valence-corrected chi connectivity index (χ3v) is 1.31. The second-order valence-electron chi connectivity index (χ2n) is 2.35.